The lowest BCUT2D eigenvalue weighted by atomic mass is 10.4. The van der Waals surface area contributed by atoms with Crippen molar-refractivity contribution in [1.82, 2.24) is 15.0 Å². The molecule has 2 aromatic heterocycles. The van der Waals surface area contributed by atoms with Gasteiger partial charge < -0.3 is 4.74 Å². The van der Waals surface area contributed by atoms with Gasteiger partial charge in [-0.25, -0.2) is 9.78 Å². The average molecular weight is 275 g/mol. The Morgan fingerprint density at radius 1 is 1.42 bits per heavy atom. The molecule has 0 spiro atoms. The predicted octanol–water partition coefficient (Wildman–Crippen LogP) is 2.72. The molecule has 0 unspecified atom stereocenters. The number of ether oxygens (including phenoxy) is 1. The van der Waals surface area contributed by atoms with Crippen LogP contribution in [-0.2, 0) is 4.74 Å². The Morgan fingerprint density at radius 3 is 3.05 bits per heavy atom. The molecule has 2 rings (SSSR count). The Kier molecular flexibility index (Phi) is 4.74. The highest BCUT2D eigenvalue weighted by Crippen LogP contribution is 2.20. The standard InChI is InChI=1S/C13H13N3O2S/c1-2-3-4-7-18-13(17)11-9-19-12(16-11)10-8-14-5-6-15-10/h3-6,8-9H,2,7H2,1H3. The molecule has 0 bridgehead atoms. The fourth-order valence-corrected chi connectivity index (χ4v) is 2.08. The number of aromatic nitrogens is 3. The van der Waals surface area contributed by atoms with E-state index < -0.39 is 5.97 Å². The number of hydrogen-bond acceptors (Lipinski definition) is 6. The molecule has 0 aliphatic carbocycles. The topological polar surface area (TPSA) is 65.0 Å². The van der Waals surface area contributed by atoms with E-state index in [1.54, 1.807) is 24.0 Å². The van der Waals surface area contributed by atoms with Crippen LogP contribution in [0, 0.1) is 0 Å². The van der Waals surface area contributed by atoms with Gasteiger partial charge >= 0.3 is 5.97 Å². The SMILES string of the molecule is CCC=CCOC(=O)c1csc(-c2cnccn2)n1. The lowest BCUT2D eigenvalue weighted by Gasteiger charge is -1.97. The highest BCUT2D eigenvalue weighted by molar-refractivity contribution is 7.13. The van der Waals surface area contributed by atoms with Crippen molar-refractivity contribution < 1.29 is 9.53 Å². The molecule has 0 aliphatic rings. The van der Waals surface area contributed by atoms with Crippen molar-refractivity contribution in [2.24, 2.45) is 0 Å². The molecule has 5 nitrogen and oxygen atoms in total. The average Bonchev–Trinajstić information content (AvgIpc) is 2.94. The van der Waals surface area contributed by atoms with Crippen molar-refractivity contribution in [3.05, 3.63) is 41.8 Å². The zero-order valence-corrected chi connectivity index (χ0v) is 11.3. The maximum absolute atomic E-state index is 11.7. The van der Waals surface area contributed by atoms with Gasteiger partial charge in [0, 0.05) is 17.8 Å². The van der Waals surface area contributed by atoms with Crippen molar-refractivity contribution in [2.75, 3.05) is 6.61 Å². The van der Waals surface area contributed by atoms with Gasteiger partial charge in [-0.1, -0.05) is 19.1 Å². The van der Waals surface area contributed by atoms with Gasteiger partial charge in [-0.3, -0.25) is 9.97 Å². The summed E-state index contributed by atoms with van der Waals surface area (Å²) in [5.74, 6) is -0.424. The van der Waals surface area contributed by atoms with Crippen LogP contribution < -0.4 is 0 Å². The van der Waals surface area contributed by atoms with Crippen molar-refractivity contribution in [1.29, 1.82) is 0 Å². The van der Waals surface area contributed by atoms with Gasteiger partial charge in [0.2, 0.25) is 0 Å². The Balaban J connectivity index is 2.01. The molecule has 0 fully saturated rings. The van der Waals surface area contributed by atoms with Crippen LogP contribution in [0.2, 0.25) is 0 Å². The van der Waals surface area contributed by atoms with E-state index in [2.05, 4.69) is 15.0 Å². The third-order valence-corrected chi connectivity index (χ3v) is 3.07. The van der Waals surface area contributed by atoms with E-state index >= 15 is 0 Å². The first-order valence-corrected chi connectivity index (χ1v) is 6.73. The van der Waals surface area contributed by atoms with E-state index in [0.717, 1.165) is 6.42 Å². The summed E-state index contributed by atoms with van der Waals surface area (Å²) >= 11 is 1.34. The van der Waals surface area contributed by atoms with Crippen LogP contribution in [-0.4, -0.2) is 27.5 Å². The summed E-state index contributed by atoms with van der Waals surface area (Å²) in [6.45, 7) is 2.29. The molecule has 0 aromatic carbocycles. The van der Waals surface area contributed by atoms with Crippen LogP contribution in [0.4, 0.5) is 0 Å². The number of carbonyl (C=O) groups is 1. The van der Waals surface area contributed by atoms with Crippen LogP contribution >= 0.6 is 11.3 Å². The van der Waals surface area contributed by atoms with E-state index in [9.17, 15) is 4.79 Å². The second-order valence-electron chi connectivity index (χ2n) is 3.61. The first kappa shape index (κ1) is 13.4. The monoisotopic (exact) mass is 275 g/mol. The van der Waals surface area contributed by atoms with Gasteiger partial charge in [0.1, 0.15) is 17.3 Å². The highest BCUT2D eigenvalue weighted by atomic mass is 32.1. The zero-order chi connectivity index (χ0) is 13.5. The number of thiazole rings is 1. The summed E-state index contributed by atoms with van der Waals surface area (Å²) in [7, 11) is 0. The summed E-state index contributed by atoms with van der Waals surface area (Å²) < 4.78 is 5.06. The zero-order valence-electron chi connectivity index (χ0n) is 10.4. The molecule has 6 heteroatoms. The molecule has 19 heavy (non-hydrogen) atoms. The van der Waals surface area contributed by atoms with Crippen LogP contribution in [0.3, 0.4) is 0 Å². The smallest absolute Gasteiger partial charge is 0.358 e. The number of carbonyl (C=O) groups excluding carboxylic acids is 1. The summed E-state index contributed by atoms with van der Waals surface area (Å²) in [5, 5.41) is 2.32. The highest BCUT2D eigenvalue weighted by Gasteiger charge is 2.13. The van der Waals surface area contributed by atoms with E-state index in [0.29, 0.717) is 16.4 Å². The second kappa shape index (κ2) is 6.75. The minimum Gasteiger partial charge on any atom is -0.457 e. The second-order valence-corrected chi connectivity index (χ2v) is 4.46. The first-order chi connectivity index (χ1) is 9.31. The van der Waals surface area contributed by atoms with E-state index in [1.165, 1.54) is 11.3 Å². The first-order valence-electron chi connectivity index (χ1n) is 5.85. The molecule has 0 amide bonds. The molecule has 0 N–H and O–H groups in total. The summed E-state index contributed by atoms with van der Waals surface area (Å²) in [5.41, 5.74) is 0.952. The van der Waals surface area contributed by atoms with Crippen molar-refractivity contribution in [3.63, 3.8) is 0 Å². The molecule has 0 atom stereocenters. The minimum absolute atomic E-state index is 0.269. The third kappa shape index (κ3) is 3.69. The lowest BCUT2D eigenvalue weighted by Crippen LogP contribution is -2.05. The van der Waals surface area contributed by atoms with Gasteiger partial charge in [-0.05, 0) is 6.42 Å². The van der Waals surface area contributed by atoms with Gasteiger partial charge in [0.25, 0.3) is 0 Å². The van der Waals surface area contributed by atoms with Crippen molar-refractivity contribution in [3.8, 4) is 10.7 Å². The number of hydrogen-bond donors (Lipinski definition) is 0. The Bertz CT molecular complexity index is 566. The van der Waals surface area contributed by atoms with E-state index in [-0.39, 0.29) is 6.61 Å². The summed E-state index contributed by atoms with van der Waals surface area (Å²) in [6.07, 6.45) is 9.47. The van der Waals surface area contributed by atoms with Crippen molar-refractivity contribution in [2.45, 2.75) is 13.3 Å². The molecule has 2 heterocycles. The lowest BCUT2D eigenvalue weighted by molar-refractivity contribution is 0.0543. The molecule has 0 saturated heterocycles. The van der Waals surface area contributed by atoms with Crippen LogP contribution in [0.1, 0.15) is 23.8 Å². The normalized spacial score (nSPS) is 10.8. The molecule has 0 saturated carbocycles. The molecular weight excluding hydrogens is 262 g/mol. The number of allylic oxidation sites excluding steroid dienone is 1. The fraction of sp³-hybridized carbons (Fsp3) is 0.231. The fourth-order valence-electron chi connectivity index (χ4n) is 1.33. The number of esters is 1. The third-order valence-electron chi connectivity index (χ3n) is 2.21. The molecule has 0 radical (unpaired) electrons. The van der Waals surface area contributed by atoms with Crippen LogP contribution in [0.15, 0.2) is 36.1 Å². The van der Waals surface area contributed by atoms with Gasteiger partial charge in [0.05, 0.1) is 6.20 Å². The maximum Gasteiger partial charge on any atom is 0.358 e. The minimum atomic E-state index is -0.424. The Hall–Kier alpha value is -2.08. The molecule has 2 aromatic rings. The molecule has 98 valence electrons. The van der Waals surface area contributed by atoms with Gasteiger partial charge in [-0.2, -0.15) is 0 Å². The largest absolute Gasteiger partial charge is 0.457 e. The number of nitrogens with zero attached hydrogens (tertiary/aromatic N) is 3. The van der Waals surface area contributed by atoms with Crippen LogP contribution in [0.5, 0.6) is 0 Å². The maximum atomic E-state index is 11.7. The molecular formula is C13H13N3O2S. The predicted molar refractivity (Wildman–Crippen MR) is 72.9 cm³/mol. The van der Waals surface area contributed by atoms with E-state index in [4.69, 9.17) is 4.74 Å². The summed E-state index contributed by atoms with van der Waals surface area (Å²) in [4.78, 5) is 24.0. The van der Waals surface area contributed by atoms with Gasteiger partial charge in [-0.15, -0.1) is 11.3 Å². The Morgan fingerprint density at radius 2 is 2.32 bits per heavy atom. The van der Waals surface area contributed by atoms with Crippen molar-refractivity contribution >= 4 is 17.3 Å². The Labute approximate surface area is 115 Å². The van der Waals surface area contributed by atoms with Gasteiger partial charge in [0.15, 0.2) is 5.69 Å². The van der Waals surface area contributed by atoms with Crippen LogP contribution in [0.25, 0.3) is 10.7 Å². The summed E-state index contributed by atoms with van der Waals surface area (Å²) in [6, 6.07) is 0. The molecule has 0 aliphatic heterocycles. The quantitative estimate of drug-likeness (QED) is 0.620. The van der Waals surface area contributed by atoms with E-state index in [1.807, 2.05) is 19.1 Å². The number of rotatable bonds is 5.